The Bertz CT molecular complexity index is 799. The molecule has 1 aromatic heterocycles. The monoisotopic (exact) mass is 395 g/mol. The van der Waals surface area contributed by atoms with Crippen molar-refractivity contribution < 1.29 is 19.1 Å². The molecule has 26 heavy (non-hydrogen) atoms. The Morgan fingerprint density at radius 1 is 1.50 bits per heavy atom. The summed E-state index contributed by atoms with van der Waals surface area (Å²) in [4.78, 5) is 28.8. The van der Waals surface area contributed by atoms with Crippen LogP contribution >= 0.6 is 23.1 Å². The number of nitrogens with zero attached hydrogens (tertiary/aromatic N) is 2. The minimum Gasteiger partial charge on any atom is -0.476 e. The zero-order valence-corrected chi connectivity index (χ0v) is 15.5. The molecule has 0 bridgehead atoms. The number of aromatic carboxylic acids is 1. The Kier molecular flexibility index (Phi) is 6.10. The lowest BCUT2D eigenvalue weighted by Crippen LogP contribution is -2.39. The average molecular weight is 395 g/mol. The third kappa shape index (κ3) is 4.73. The summed E-state index contributed by atoms with van der Waals surface area (Å²) in [7, 11) is 0. The highest BCUT2D eigenvalue weighted by Crippen LogP contribution is 2.25. The maximum absolute atomic E-state index is 13.2. The topological polar surface area (TPSA) is 82.5 Å². The summed E-state index contributed by atoms with van der Waals surface area (Å²) in [5.74, 6) is -0.572. The molecule has 1 aliphatic rings. The summed E-state index contributed by atoms with van der Waals surface area (Å²) < 4.78 is 13.9. The SMILES string of the molecule is O=C(O)c1csc(SCCN2C(=O)CCC2CNc2cccc(F)c2)n1. The summed E-state index contributed by atoms with van der Waals surface area (Å²) in [6.45, 7) is 1.14. The maximum Gasteiger partial charge on any atom is 0.355 e. The van der Waals surface area contributed by atoms with Crippen LogP contribution in [0.2, 0.25) is 0 Å². The molecule has 2 N–H and O–H groups in total. The van der Waals surface area contributed by atoms with Crippen LogP contribution in [0.5, 0.6) is 0 Å². The number of carbonyl (C=O) groups excluding carboxylic acids is 1. The molecule has 0 saturated carbocycles. The van der Waals surface area contributed by atoms with Crippen molar-refractivity contribution in [3.8, 4) is 0 Å². The van der Waals surface area contributed by atoms with Gasteiger partial charge in [0.05, 0.1) is 0 Å². The van der Waals surface area contributed by atoms with Crippen molar-refractivity contribution in [3.63, 3.8) is 0 Å². The number of carboxylic acids is 1. The van der Waals surface area contributed by atoms with Gasteiger partial charge >= 0.3 is 5.97 Å². The maximum atomic E-state index is 13.2. The molecule has 1 aliphatic heterocycles. The Morgan fingerprint density at radius 2 is 2.35 bits per heavy atom. The van der Waals surface area contributed by atoms with Crippen LogP contribution in [0.3, 0.4) is 0 Å². The van der Waals surface area contributed by atoms with Crippen LogP contribution in [0.15, 0.2) is 34.0 Å². The van der Waals surface area contributed by atoms with Gasteiger partial charge < -0.3 is 15.3 Å². The van der Waals surface area contributed by atoms with E-state index >= 15 is 0 Å². The number of thioether (sulfide) groups is 1. The van der Waals surface area contributed by atoms with Gasteiger partial charge in [0.1, 0.15) is 5.82 Å². The normalized spacial score (nSPS) is 16.9. The smallest absolute Gasteiger partial charge is 0.355 e. The van der Waals surface area contributed by atoms with Gasteiger partial charge in [-0.25, -0.2) is 14.2 Å². The standard InChI is InChI=1S/C17H18FN3O3S2/c18-11-2-1-3-12(8-11)19-9-13-4-5-15(22)21(13)6-7-25-17-20-14(10-26-17)16(23)24/h1-3,8,10,13,19H,4-7,9H2,(H,23,24). The molecule has 0 aliphatic carbocycles. The van der Waals surface area contributed by atoms with Crippen LogP contribution < -0.4 is 5.32 Å². The largest absolute Gasteiger partial charge is 0.476 e. The molecule has 0 radical (unpaired) electrons. The summed E-state index contributed by atoms with van der Waals surface area (Å²) >= 11 is 2.74. The van der Waals surface area contributed by atoms with Crippen molar-refractivity contribution in [1.29, 1.82) is 0 Å². The van der Waals surface area contributed by atoms with E-state index < -0.39 is 5.97 Å². The van der Waals surface area contributed by atoms with E-state index in [4.69, 9.17) is 5.11 Å². The van der Waals surface area contributed by atoms with Crippen LogP contribution in [0.4, 0.5) is 10.1 Å². The highest BCUT2D eigenvalue weighted by molar-refractivity contribution is 8.01. The summed E-state index contributed by atoms with van der Waals surface area (Å²) in [5, 5.41) is 13.6. The van der Waals surface area contributed by atoms with E-state index in [-0.39, 0.29) is 23.5 Å². The summed E-state index contributed by atoms with van der Waals surface area (Å²) in [5.41, 5.74) is 0.745. The first-order valence-electron chi connectivity index (χ1n) is 8.13. The predicted molar refractivity (Wildman–Crippen MR) is 99.4 cm³/mol. The number of thiazole rings is 1. The Balaban J connectivity index is 1.50. The Morgan fingerprint density at radius 3 is 3.08 bits per heavy atom. The number of hydrogen-bond acceptors (Lipinski definition) is 6. The van der Waals surface area contributed by atoms with Crippen molar-refractivity contribution in [2.75, 3.05) is 24.2 Å². The van der Waals surface area contributed by atoms with Crippen LogP contribution in [0, 0.1) is 5.82 Å². The molecule has 3 rings (SSSR count). The molecule has 9 heteroatoms. The molecule has 2 aromatic rings. The Labute approximate surface area is 158 Å². The second kappa shape index (κ2) is 8.50. The fourth-order valence-electron chi connectivity index (χ4n) is 2.80. The van der Waals surface area contributed by atoms with Gasteiger partial charge in [0.25, 0.3) is 0 Å². The number of rotatable bonds is 8. The van der Waals surface area contributed by atoms with Crippen LogP contribution in [-0.4, -0.2) is 51.8 Å². The minimum atomic E-state index is -1.04. The lowest BCUT2D eigenvalue weighted by molar-refractivity contribution is -0.128. The van der Waals surface area contributed by atoms with Crippen LogP contribution in [-0.2, 0) is 4.79 Å². The van der Waals surface area contributed by atoms with Gasteiger partial charge in [-0.2, -0.15) is 0 Å². The van der Waals surface area contributed by atoms with E-state index in [1.54, 1.807) is 12.1 Å². The van der Waals surface area contributed by atoms with Gasteiger partial charge in [0, 0.05) is 42.4 Å². The van der Waals surface area contributed by atoms with Gasteiger partial charge in [-0.1, -0.05) is 17.8 Å². The van der Waals surface area contributed by atoms with Gasteiger partial charge in [0.15, 0.2) is 10.0 Å². The number of halogens is 1. The van der Waals surface area contributed by atoms with Crippen molar-refractivity contribution in [1.82, 2.24) is 9.88 Å². The van der Waals surface area contributed by atoms with E-state index in [2.05, 4.69) is 10.3 Å². The van der Waals surface area contributed by atoms with E-state index in [1.165, 1.54) is 40.6 Å². The van der Waals surface area contributed by atoms with Gasteiger partial charge in [0.2, 0.25) is 5.91 Å². The molecule has 1 fully saturated rings. The average Bonchev–Trinajstić information content (AvgIpc) is 3.21. The number of carboxylic acid groups (broad SMARTS) is 1. The second-order valence-corrected chi connectivity index (χ2v) is 8.02. The number of hydrogen-bond donors (Lipinski definition) is 2. The number of benzene rings is 1. The number of nitrogens with one attached hydrogen (secondary N) is 1. The first-order chi connectivity index (χ1) is 12.5. The number of anilines is 1. The zero-order chi connectivity index (χ0) is 18.5. The number of carbonyl (C=O) groups is 2. The third-order valence-electron chi connectivity index (χ3n) is 4.08. The second-order valence-electron chi connectivity index (χ2n) is 5.82. The van der Waals surface area contributed by atoms with E-state index in [1.807, 2.05) is 4.90 Å². The number of likely N-dealkylation sites (tertiary alicyclic amines) is 1. The van der Waals surface area contributed by atoms with E-state index in [9.17, 15) is 14.0 Å². The quantitative estimate of drug-likeness (QED) is 0.668. The summed E-state index contributed by atoms with van der Waals surface area (Å²) in [6.07, 6.45) is 1.28. The molecule has 2 heterocycles. The van der Waals surface area contributed by atoms with Crippen LogP contribution in [0.25, 0.3) is 0 Å². The first-order valence-corrected chi connectivity index (χ1v) is 10.00. The zero-order valence-electron chi connectivity index (χ0n) is 13.9. The van der Waals surface area contributed by atoms with Crippen molar-refractivity contribution in [2.24, 2.45) is 0 Å². The Hall–Kier alpha value is -2.13. The molecular formula is C17H18FN3O3S2. The summed E-state index contributed by atoms with van der Waals surface area (Å²) in [6, 6.07) is 6.33. The first kappa shape index (κ1) is 18.7. The molecule has 6 nitrogen and oxygen atoms in total. The molecule has 1 unspecified atom stereocenters. The third-order valence-corrected chi connectivity index (χ3v) is 6.08. The minimum absolute atomic E-state index is 0.0481. The lowest BCUT2D eigenvalue weighted by Gasteiger charge is -2.25. The van der Waals surface area contributed by atoms with Crippen molar-refractivity contribution in [2.45, 2.75) is 23.2 Å². The lowest BCUT2D eigenvalue weighted by atomic mass is 10.2. The highest BCUT2D eigenvalue weighted by atomic mass is 32.2. The highest BCUT2D eigenvalue weighted by Gasteiger charge is 2.30. The molecular weight excluding hydrogens is 377 g/mol. The fourth-order valence-corrected chi connectivity index (χ4v) is 4.61. The molecule has 1 saturated heterocycles. The van der Waals surface area contributed by atoms with Crippen molar-refractivity contribution in [3.05, 3.63) is 41.2 Å². The van der Waals surface area contributed by atoms with Crippen molar-refractivity contribution >= 4 is 40.7 Å². The fraction of sp³-hybridized carbons (Fsp3) is 0.353. The van der Waals surface area contributed by atoms with Gasteiger partial charge in [-0.05, 0) is 24.6 Å². The molecule has 1 amide bonds. The predicted octanol–water partition coefficient (Wildman–Crippen LogP) is 3.18. The van der Waals surface area contributed by atoms with Gasteiger partial charge in [-0.3, -0.25) is 4.79 Å². The molecule has 138 valence electrons. The van der Waals surface area contributed by atoms with Crippen LogP contribution in [0.1, 0.15) is 23.3 Å². The molecule has 0 spiro atoms. The number of amides is 1. The molecule has 1 aromatic carbocycles. The van der Waals surface area contributed by atoms with E-state index in [0.29, 0.717) is 35.3 Å². The van der Waals surface area contributed by atoms with Gasteiger partial charge in [-0.15, -0.1) is 11.3 Å². The molecule has 1 atom stereocenters. The number of aromatic nitrogens is 1. The van der Waals surface area contributed by atoms with E-state index in [0.717, 1.165) is 6.42 Å².